The molecular formula is C21H18F2N2O. The van der Waals surface area contributed by atoms with Gasteiger partial charge in [0.2, 0.25) is 0 Å². The lowest BCUT2D eigenvalue weighted by Gasteiger charge is -2.19. The van der Waals surface area contributed by atoms with Crippen molar-refractivity contribution in [1.82, 2.24) is 0 Å². The average Bonchev–Trinajstić information content (AvgIpc) is 2.67. The monoisotopic (exact) mass is 352 g/mol. The molecule has 26 heavy (non-hydrogen) atoms. The minimum Gasteiger partial charge on any atom is -0.434 e. The lowest BCUT2D eigenvalue weighted by Crippen LogP contribution is -2.16. The van der Waals surface area contributed by atoms with E-state index in [-0.39, 0.29) is 5.75 Å². The van der Waals surface area contributed by atoms with Crippen LogP contribution in [-0.2, 0) is 6.54 Å². The summed E-state index contributed by atoms with van der Waals surface area (Å²) in [4.78, 5) is 0. The Morgan fingerprint density at radius 3 is 2.15 bits per heavy atom. The Kier molecular flexibility index (Phi) is 5.93. The fourth-order valence-electron chi connectivity index (χ4n) is 2.48. The molecule has 0 saturated heterocycles. The highest BCUT2D eigenvalue weighted by Gasteiger charge is 2.09. The molecule has 0 aliphatic heterocycles. The maximum absolute atomic E-state index is 12.6. The third-order valence-corrected chi connectivity index (χ3v) is 3.70. The van der Waals surface area contributed by atoms with E-state index in [1.54, 1.807) is 18.2 Å². The molecule has 3 nitrogen and oxygen atoms in total. The molecule has 0 atom stereocenters. The molecule has 0 aromatic heterocycles. The summed E-state index contributed by atoms with van der Waals surface area (Å²) >= 11 is 0. The van der Waals surface area contributed by atoms with Gasteiger partial charge in [0.1, 0.15) is 5.75 Å². The molecule has 0 heterocycles. The highest BCUT2D eigenvalue weighted by molar-refractivity contribution is 5.84. The second-order valence-corrected chi connectivity index (χ2v) is 5.54. The van der Waals surface area contributed by atoms with Gasteiger partial charge in [-0.2, -0.15) is 13.9 Å². The summed E-state index contributed by atoms with van der Waals surface area (Å²) in [5, 5.41) is 6.32. The van der Waals surface area contributed by atoms with Crippen molar-refractivity contribution in [2.24, 2.45) is 5.10 Å². The molecule has 3 aromatic carbocycles. The van der Waals surface area contributed by atoms with Crippen molar-refractivity contribution >= 4 is 11.9 Å². The van der Waals surface area contributed by atoms with Gasteiger partial charge < -0.3 is 4.74 Å². The number of ether oxygens (including phenoxy) is 1. The third-order valence-electron chi connectivity index (χ3n) is 3.70. The Labute approximate surface area is 151 Å². The van der Waals surface area contributed by atoms with Crippen molar-refractivity contribution in [1.29, 1.82) is 0 Å². The predicted molar refractivity (Wildman–Crippen MR) is 99.7 cm³/mol. The van der Waals surface area contributed by atoms with E-state index in [9.17, 15) is 8.78 Å². The summed E-state index contributed by atoms with van der Waals surface area (Å²) in [6.07, 6.45) is 1.54. The van der Waals surface area contributed by atoms with Gasteiger partial charge in [-0.1, -0.05) is 60.7 Å². The molecule has 0 fully saturated rings. The van der Waals surface area contributed by atoms with Crippen LogP contribution in [0.15, 0.2) is 90.0 Å². The molecule has 3 aromatic rings. The van der Waals surface area contributed by atoms with Crippen molar-refractivity contribution in [3.63, 3.8) is 0 Å². The second kappa shape index (κ2) is 8.76. The topological polar surface area (TPSA) is 24.8 Å². The van der Waals surface area contributed by atoms with Crippen LogP contribution in [0.1, 0.15) is 11.1 Å². The lowest BCUT2D eigenvalue weighted by molar-refractivity contribution is -0.0499. The maximum Gasteiger partial charge on any atom is 0.387 e. The van der Waals surface area contributed by atoms with Crippen LogP contribution in [0.2, 0.25) is 0 Å². The molecule has 0 N–H and O–H groups in total. The van der Waals surface area contributed by atoms with Gasteiger partial charge in [-0.3, -0.25) is 5.01 Å². The molecule has 0 radical (unpaired) electrons. The summed E-state index contributed by atoms with van der Waals surface area (Å²) < 4.78 is 29.7. The van der Waals surface area contributed by atoms with Gasteiger partial charge in [0.15, 0.2) is 0 Å². The maximum atomic E-state index is 12.6. The SMILES string of the molecule is FC(F)Oc1ccccc1/C=N/N(Cc1ccccc1)c1ccccc1. The summed E-state index contributed by atoms with van der Waals surface area (Å²) in [6.45, 7) is -2.32. The van der Waals surface area contributed by atoms with E-state index in [1.807, 2.05) is 65.7 Å². The summed E-state index contributed by atoms with van der Waals surface area (Å²) in [5.41, 5.74) is 2.48. The number of para-hydroxylation sites is 2. The van der Waals surface area contributed by atoms with E-state index >= 15 is 0 Å². The summed E-state index contributed by atoms with van der Waals surface area (Å²) in [5.74, 6) is 0.0963. The molecule has 0 saturated carbocycles. The second-order valence-electron chi connectivity index (χ2n) is 5.54. The number of hydrogen-bond acceptors (Lipinski definition) is 3. The van der Waals surface area contributed by atoms with Gasteiger partial charge >= 0.3 is 6.61 Å². The first-order valence-corrected chi connectivity index (χ1v) is 8.17. The average molecular weight is 352 g/mol. The normalized spacial score (nSPS) is 11.0. The number of hydrazone groups is 1. The van der Waals surface area contributed by atoms with Crippen LogP contribution < -0.4 is 9.75 Å². The van der Waals surface area contributed by atoms with E-state index < -0.39 is 6.61 Å². The number of nitrogens with zero attached hydrogens (tertiary/aromatic N) is 2. The summed E-state index contributed by atoms with van der Waals surface area (Å²) in [7, 11) is 0. The van der Waals surface area contributed by atoms with Crippen LogP contribution in [0.4, 0.5) is 14.5 Å². The zero-order valence-corrected chi connectivity index (χ0v) is 14.0. The van der Waals surface area contributed by atoms with Gasteiger partial charge in [0.25, 0.3) is 0 Å². The van der Waals surface area contributed by atoms with Gasteiger partial charge in [0.05, 0.1) is 18.4 Å². The third kappa shape index (κ3) is 4.89. The Hall–Kier alpha value is -3.21. The molecule has 0 aliphatic rings. The van der Waals surface area contributed by atoms with Crippen LogP contribution in [0.3, 0.4) is 0 Å². The minimum atomic E-state index is -2.88. The molecule has 0 bridgehead atoms. The Balaban J connectivity index is 1.87. The van der Waals surface area contributed by atoms with E-state index in [0.717, 1.165) is 11.3 Å². The molecular weight excluding hydrogens is 334 g/mol. The van der Waals surface area contributed by atoms with Crippen molar-refractivity contribution in [2.45, 2.75) is 13.2 Å². The molecule has 3 rings (SSSR count). The van der Waals surface area contributed by atoms with Gasteiger partial charge in [-0.05, 0) is 29.8 Å². The molecule has 0 unspecified atom stereocenters. The highest BCUT2D eigenvalue weighted by Crippen LogP contribution is 2.21. The van der Waals surface area contributed by atoms with E-state index in [1.165, 1.54) is 12.3 Å². The molecule has 0 spiro atoms. The van der Waals surface area contributed by atoms with Crippen molar-refractivity contribution in [3.05, 3.63) is 96.1 Å². The van der Waals surface area contributed by atoms with Gasteiger partial charge in [-0.15, -0.1) is 0 Å². The van der Waals surface area contributed by atoms with Gasteiger partial charge in [0, 0.05) is 5.56 Å². The van der Waals surface area contributed by atoms with Crippen LogP contribution in [-0.4, -0.2) is 12.8 Å². The summed E-state index contributed by atoms with van der Waals surface area (Å²) in [6, 6.07) is 26.2. The van der Waals surface area contributed by atoms with Crippen LogP contribution in [0.25, 0.3) is 0 Å². The smallest absolute Gasteiger partial charge is 0.387 e. The largest absolute Gasteiger partial charge is 0.434 e. The first-order chi connectivity index (χ1) is 12.7. The van der Waals surface area contributed by atoms with E-state index in [2.05, 4.69) is 9.84 Å². The Bertz CT molecular complexity index is 839. The number of halogens is 2. The Morgan fingerprint density at radius 2 is 1.46 bits per heavy atom. The highest BCUT2D eigenvalue weighted by atomic mass is 19.3. The van der Waals surface area contributed by atoms with E-state index in [4.69, 9.17) is 0 Å². The predicted octanol–water partition coefficient (Wildman–Crippen LogP) is 5.33. The Morgan fingerprint density at radius 1 is 0.846 bits per heavy atom. The van der Waals surface area contributed by atoms with Crippen LogP contribution in [0.5, 0.6) is 5.75 Å². The minimum absolute atomic E-state index is 0.0963. The lowest BCUT2D eigenvalue weighted by atomic mass is 10.2. The van der Waals surface area contributed by atoms with E-state index in [0.29, 0.717) is 12.1 Å². The standard InChI is InChI=1S/C21H18F2N2O/c22-21(23)26-20-14-8-7-11-18(20)15-24-25(19-12-5-2-6-13-19)16-17-9-3-1-4-10-17/h1-15,21H,16H2/b24-15+. The zero-order chi connectivity index (χ0) is 18.2. The van der Waals surface area contributed by atoms with Crippen molar-refractivity contribution in [2.75, 3.05) is 5.01 Å². The molecule has 0 aliphatic carbocycles. The first-order valence-electron chi connectivity index (χ1n) is 8.17. The fourth-order valence-corrected chi connectivity index (χ4v) is 2.48. The fraction of sp³-hybridized carbons (Fsp3) is 0.0952. The quantitative estimate of drug-likeness (QED) is 0.424. The molecule has 0 amide bonds. The number of rotatable bonds is 7. The number of alkyl halides is 2. The number of benzene rings is 3. The first kappa shape index (κ1) is 17.6. The van der Waals surface area contributed by atoms with Crippen LogP contribution in [0, 0.1) is 0 Å². The van der Waals surface area contributed by atoms with Crippen molar-refractivity contribution < 1.29 is 13.5 Å². The molecule has 5 heteroatoms. The molecule has 132 valence electrons. The number of hydrogen-bond donors (Lipinski definition) is 0. The zero-order valence-electron chi connectivity index (χ0n) is 14.0. The van der Waals surface area contributed by atoms with Gasteiger partial charge in [-0.25, -0.2) is 0 Å². The number of anilines is 1. The van der Waals surface area contributed by atoms with Crippen LogP contribution >= 0.6 is 0 Å². The van der Waals surface area contributed by atoms with Crippen molar-refractivity contribution in [3.8, 4) is 5.75 Å².